The van der Waals surface area contributed by atoms with E-state index in [2.05, 4.69) is 15.5 Å². The highest BCUT2D eigenvalue weighted by Gasteiger charge is 2.23. The van der Waals surface area contributed by atoms with Crippen LogP contribution in [0.3, 0.4) is 0 Å². The maximum Gasteiger partial charge on any atom is 0.229 e. The smallest absolute Gasteiger partial charge is 0.229 e. The molecule has 0 aliphatic heterocycles. The highest BCUT2D eigenvalue weighted by Crippen LogP contribution is 2.23. The molecule has 0 saturated heterocycles. The summed E-state index contributed by atoms with van der Waals surface area (Å²) in [6.07, 6.45) is 2.91. The number of amides is 1. The molecule has 0 unspecified atom stereocenters. The predicted octanol–water partition coefficient (Wildman–Crippen LogP) is 3.43. The van der Waals surface area contributed by atoms with Crippen LogP contribution < -0.4 is 5.32 Å². The first-order chi connectivity index (χ1) is 10.8. The molecule has 0 radical (unpaired) electrons. The minimum Gasteiger partial charge on any atom is -0.410 e. The molecular weight excluding hydrogens is 297 g/mol. The van der Waals surface area contributed by atoms with Gasteiger partial charge in [-0.1, -0.05) is 38.1 Å². The van der Waals surface area contributed by atoms with Gasteiger partial charge in [-0.15, -0.1) is 0 Å². The van der Waals surface area contributed by atoms with E-state index in [9.17, 15) is 14.4 Å². The summed E-state index contributed by atoms with van der Waals surface area (Å²) in [5, 5.41) is 15.3. The van der Waals surface area contributed by atoms with Crippen LogP contribution in [0.15, 0.2) is 47.9 Å². The van der Waals surface area contributed by atoms with Gasteiger partial charge < -0.3 is 10.5 Å². The van der Waals surface area contributed by atoms with Gasteiger partial charge >= 0.3 is 0 Å². The molecule has 1 heterocycles. The Hall–Kier alpha value is -2.76. The van der Waals surface area contributed by atoms with Gasteiger partial charge in [-0.05, 0) is 18.2 Å². The zero-order chi connectivity index (χ0) is 17.0. The number of carbonyl (C=O) groups is 1. The van der Waals surface area contributed by atoms with Gasteiger partial charge in [0.05, 0.1) is 5.69 Å². The van der Waals surface area contributed by atoms with Crippen LogP contribution in [-0.2, 0) is 4.79 Å². The lowest BCUT2D eigenvalue weighted by atomic mass is 9.95. The first-order valence-electron chi connectivity index (χ1n) is 7.07. The number of anilines is 1. The van der Waals surface area contributed by atoms with Crippen molar-refractivity contribution in [2.45, 2.75) is 20.8 Å². The van der Waals surface area contributed by atoms with Crippen molar-refractivity contribution in [1.29, 1.82) is 0 Å². The number of pyridine rings is 1. The summed E-state index contributed by atoms with van der Waals surface area (Å²) >= 11 is 0. The van der Waals surface area contributed by atoms with Crippen LogP contribution in [0.4, 0.5) is 10.1 Å². The van der Waals surface area contributed by atoms with E-state index < -0.39 is 11.2 Å². The van der Waals surface area contributed by atoms with Crippen LogP contribution in [0, 0.1) is 11.2 Å². The third-order valence-corrected chi connectivity index (χ3v) is 3.23. The maximum absolute atomic E-state index is 14.0. The number of aromatic nitrogens is 1. The zero-order valence-electron chi connectivity index (χ0n) is 13.2. The van der Waals surface area contributed by atoms with Crippen LogP contribution >= 0.6 is 0 Å². The molecule has 0 fully saturated rings. The minimum absolute atomic E-state index is 0.000379. The van der Waals surface area contributed by atoms with E-state index in [1.54, 1.807) is 39.0 Å². The largest absolute Gasteiger partial charge is 0.410 e. The Bertz CT molecular complexity index is 751. The van der Waals surface area contributed by atoms with Gasteiger partial charge in [0.1, 0.15) is 11.5 Å². The first-order valence-corrected chi connectivity index (χ1v) is 7.07. The van der Waals surface area contributed by atoms with Crippen molar-refractivity contribution >= 4 is 17.3 Å². The molecule has 120 valence electrons. The third-order valence-electron chi connectivity index (χ3n) is 3.23. The van der Waals surface area contributed by atoms with Crippen molar-refractivity contribution in [3.63, 3.8) is 0 Å². The second kappa shape index (κ2) is 6.56. The second-order valence-electron chi connectivity index (χ2n) is 6.05. The summed E-state index contributed by atoms with van der Waals surface area (Å²) in [6, 6.07) is 7.51. The van der Waals surface area contributed by atoms with Gasteiger partial charge in [0.15, 0.2) is 0 Å². The number of benzene rings is 1. The molecule has 0 saturated carbocycles. The average Bonchev–Trinajstić information content (AvgIpc) is 2.50. The van der Waals surface area contributed by atoms with Crippen LogP contribution in [0.5, 0.6) is 0 Å². The molecule has 5 nitrogen and oxygen atoms in total. The van der Waals surface area contributed by atoms with Gasteiger partial charge in [-0.3, -0.25) is 9.78 Å². The van der Waals surface area contributed by atoms with Crippen LogP contribution in [0.1, 0.15) is 31.9 Å². The molecule has 0 atom stereocenters. The van der Waals surface area contributed by atoms with Crippen molar-refractivity contribution in [2.24, 2.45) is 10.6 Å². The summed E-state index contributed by atoms with van der Waals surface area (Å²) < 4.78 is 14.0. The third kappa shape index (κ3) is 3.71. The van der Waals surface area contributed by atoms with Gasteiger partial charge in [0, 0.05) is 28.9 Å². The predicted molar refractivity (Wildman–Crippen MR) is 86.1 cm³/mol. The lowest BCUT2D eigenvalue weighted by Crippen LogP contribution is -2.28. The van der Waals surface area contributed by atoms with E-state index in [4.69, 9.17) is 0 Å². The Morgan fingerprint density at radius 1 is 1.22 bits per heavy atom. The number of nitrogens with zero attached hydrogens (tertiary/aromatic N) is 2. The number of hydrogen-bond acceptors (Lipinski definition) is 4. The van der Waals surface area contributed by atoms with E-state index in [0.29, 0.717) is 11.3 Å². The van der Waals surface area contributed by atoms with E-state index >= 15 is 0 Å². The molecular formula is C17H18FN3O2. The van der Waals surface area contributed by atoms with Gasteiger partial charge in [0.25, 0.3) is 0 Å². The maximum atomic E-state index is 14.0. The number of rotatable bonds is 3. The van der Waals surface area contributed by atoms with Gasteiger partial charge in [-0.25, -0.2) is 4.39 Å². The molecule has 2 rings (SSSR count). The number of nitrogens with one attached hydrogen (secondary N) is 1. The standard InChI is InChI=1S/C17H18FN3O2/c1-17(2,3)16(22)20-14-8-9-19-10-12(14)15(21-23)11-6-4-5-7-13(11)18/h4-10,23H,1-3H3,(H,19,20,22). The molecule has 2 aromatic rings. The Balaban J connectivity index is 2.48. The minimum atomic E-state index is -0.602. The van der Waals surface area contributed by atoms with E-state index in [1.165, 1.54) is 24.5 Å². The number of carbonyl (C=O) groups excluding carboxylic acids is 1. The number of oxime groups is 1. The fourth-order valence-corrected chi connectivity index (χ4v) is 1.91. The molecule has 0 spiro atoms. The lowest BCUT2D eigenvalue weighted by Gasteiger charge is -2.19. The SMILES string of the molecule is CC(C)(C)C(=O)Nc1ccncc1C(=NO)c1ccccc1F. The normalized spacial score (nSPS) is 12.1. The Morgan fingerprint density at radius 2 is 1.91 bits per heavy atom. The second-order valence-corrected chi connectivity index (χ2v) is 6.05. The Kier molecular flexibility index (Phi) is 4.74. The summed E-state index contributed by atoms with van der Waals surface area (Å²) in [6.45, 7) is 5.34. The number of halogens is 1. The Morgan fingerprint density at radius 3 is 2.52 bits per heavy atom. The summed E-state index contributed by atoms with van der Waals surface area (Å²) in [5.41, 5.74) is 0.248. The molecule has 0 bridgehead atoms. The first kappa shape index (κ1) is 16.6. The number of hydrogen-bond donors (Lipinski definition) is 2. The van der Waals surface area contributed by atoms with E-state index in [-0.39, 0.29) is 17.2 Å². The summed E-state index contributed by atoms with van der Waals surface area (Å²) in [7, 11) is 0. The van der Waals surface area contributed by atoms with Crippen molar-refractivity contribution in [3.05, 3.63) is 59.7 Å². The quantitative estimate of drug-likeness (QED) is 0.517. The van der Waals surface area contributed by atoms with Crippen molar-refractivity contribution < 1.29 is 14.4 Å². The summed E-state index contributed by atoms with van der Waals surface area (Å²) in [4.78, 5) is 16.2. The molecule has 0 aliphatic rings. The molecule has 6 heteroatoms. The molecule has 0 aliphatic carbocycles. The molecule has 1 amide bonds. The van der Waals surface area contributed by atoms with Gasteiger partial charge in [0.2, 0.25) is 5.91 Å². The average molecular weight is 315 g/mol. The molecule has 1 aromatic heterocycles. The highest BCUT2D eigenvalue weighted by molar-refractivity contribution is 6.16. The van der Waals surface area contributed by atoms with Crippen molar-refractivity contribution in [2.75, 3.05) is 5.32 Å². The van der Waals surface area contributed by atoms with Crippen molar-refractivity contribution in [3.8, 4) is 0 Å². The van der Waals surface area contributed by atoms with E-state index in [1.807, 2.05) is 0 Å². The molecule has 23 heavy (non-hydrogen) atoms. The lowest BCUT2D eigenvalue weighted by molar-refractivity contribution is -0.123. The fraction of sp³-hybridized carbons (Fsp3) is 0.235. The summed E-state index contributed by atoms with van der Waals surface area (Å²) in [5.74, 6) is -0.743. The fourth-order valence-electron chi connectivity index (χ4n) is 1.91. The molecule has 2 N–H and O–H groups in total. The molecule has 1 aromatic carbocycles. The van der Waals surface area contributed by atoms with E-state index in [0.717, 1.165) is 0 Å². The monoisotopic (exact) mass is 315 g/mol. The zero-order valence-corrected chi connectivity index (χ0v) is 13.2. The highest BCUT2D eigenvalue weighted by atomic mass is 19.1. The van der Waals surface area contributed by atoms with Crippen LogP contribution in [0.25, 0.3) is 0 Å². The van der Waals surface area contributed by atoms with Crippen LogP contribution in [0.2, 0.25) is 0 Å². The van der Waals surface area contributed by atoms with Crippen LogP contribution in [-0.4, -0.2) is 21.8 Å². The van der Waals surface area contributed by atoms with Gasteiger partial charge in [-0.2, -0.15) is 0 Å². The Labute approximate surface area is 133 Å². The van der Waals surface area contributed by atoms with Crippen molar-refractivity contribution in [1.82, 2.24) is 4.98 Å². The topological polar surface area (TPSA) is 74.6 Å².